The number of nitrogens with two attached hydrogens (primary N) is 1. The third-order valence-electron chi connectivity index (χ3n) is 2.77. The minimum atomic E-state index is -0.558. The fourth-order valence-electron chi connectivity index (χ4n) is 2.01. The number of aryl methyl sites for hydroxylation is 1. The summed E-state index contributed by atoms with van der Waals surface area (Å²) in [6, 6.07) is 0. The van der Waals surface area contributed by atoms with E-state index in [-0.39, 0.29) is 28.1 Å². The molecule has 0 bridgehead atoms. The third-order valence-corrected chi connectivity index (χ3v) is 2.77. The summed E-state index contributed by atoms with van der Waals surface area (Å²) < 4.78 is 6.79. The van der Waals surface area contributed by atoms with Crippen molar-refractivity contribution in [2.75, 3.05) is 0 Å². The van der Waals surface area contributed by atoms with Gasteiger partial charge >= 0.3 is 0 Å². The Kier molecular flexibility index (Phi) is 3.39. The predicted octanol–water partition coefficient (Wildman–Crippen LogP) is 0.557. The molecular formula is C12H16N4O3. The Morgan fingerprint density at radius 1 is 1.58 bits per heavy atom. The number of nitrogen functional groups attached to an aromatic ring is 1. The largest absolute Gasteiger partial charge is 0.442 e. The number of hydrogen-bond donors (Lipinski definition) is 2. The van der Waals surface area contributed by atoms with Crippen molar-refractivity contribution >= 4 is 17.0 Å². The van der Waals surface area contributed by atoms with Crippen LogP contribution in [0.5, 0.6) is 0 Å². The van der Waals surface area contributed by atoms with Crippen LogP contribution in [0.1, 0.15) is 30.0 Å². The Morgan fingerprint density at radius 2 is 2.26 bits per heavy atom. The molecule has 0 saturated heterocycles. The molecule has 1 amide bonds. The van der Waals surface area contributed by atoms with Crippen LogP contribution < -0.4 is 16.8 Å². The van der Waals surface area contributed by atoms with Gasteiger partial charge in [0.2, 0.25) is 5.71 Å². The summed E-state index contributed by atoms with van der Waals surface area (Å²) in [5.41, 5.74) is 2.02. The maximum atomic E-state index is 12.4. The third kappa shape index (κ3) is 2.24. The Hall–Kier alpha value is -2.15. The first-order chi connectivity index (χ1) is 8.95. The van der Waals surface area contributed by atoms with E-state index in [1.54, 1.807) is 6.92 Å². The molecule has 0 unspecified atom stereocenters. The molecule has 2 rings (SSSR count). The summed E-state index contributed by atoms with van der Waals surface area (Å²) >= 11 is 0. The lowest BCUT2D eigenvalue weighted by molar-refractivity contribution is 0.0953. The van der Waals surface area contributed by atoms with E-state index >= 15 is 0 Å². The van der Waals surface area contributed by atoms with Crippen LogP contribution in [-0.4, -0.2) is 15.5 Å². The number of fused-ring (bicyclic) bond motifs is 1. The van der Waals surface area contributed by atoms with Gasteiger partial charge in [-0.15, -0.1) is 0 Å². The Bertz CT molecular complexity index is 684. The number of nitrogens with zero attached hydrogens (tertiary/aromatic N) is 2. The maximum absolute atomic E-state index is 12.4. The number of carbonyl (C=O) groups excluding carboxylic acids is 1. The lowest BCUT2D eigenvalue weighted by atomic mass is 10.1. The van der Waals surface area contributed by atoms with Crippen LogP contribution in [0.25, 0.3) is 11.1 Å². The summed E-state index contributed by atoms with van der Waals surface area (Å²) in [5.74, 6) is 5.18. The van der Waals surface area contributed by atoms with Crippen LogP contribution in [0.15, 0.2) is 15.5 Å². The second-order valence-electron chi connectivity index (χ2n) is 4.78. The number of aromatic nitrogens is 2. The number of furan rings is 1. The van der Waals surface area contributed by atoms with E-state index in [9.17, 15) is 9.59 Å². The van der Waals surface area contributed by atoms with Crippen LogP contribution >= 0.6 is 0 Å². The number of carbonyl (C=O) groups is 1. The number of nitrogens with one attached hydrogen (secondary N) is 1. The molecule has 2 aromatic rings. The lowest BCUT2D eigenvalue weighted by Gasteiger charge is -2.07. The highest BCUT2D eigenvalue weighted by Gasteiger charge is 2.22. The first-order valence-electron chi connectivity index (χ1n) is 5.95. The van der Waals surface area contributed by atoms with E-state index in [2.05, 4.69) is 4.98 Å². The van der Waals surface area contributed by atoms with Crippen LogP contribution in [-0.2, 0) is 6.54 Å². The van der Waals surface area contributed by atoms with Crippen molar-refractivity contribution in [3.05, 3.63) is 28.0 Å². The Morgan fingerprint density at radius 3 is 2.84 bits per heavy atom. The summed E-state index contributed by atoms with van der Waals surface area (Å²) in [5, 5.41) is 0.170. The Labute approximate surface area is 109 Å². The fourth-order valence-corrected chi connectivity index (χ4v) is 2.01. The van der Waals surface area contributed by atoms with Crippen molar-refractivity contribution in [3.63, 3.8) is 0 Å². The molecule has 0 radical (unpaired) electrons. The van der Waals surface area contributed by atoms with Crippen molar-refractivity contribution in [2.24, 2.45) is 11.8 Å². The average molecular weight is 264 g/mol. The van der Waals surface area contributed by atoms with Gasteiger partial charge in [-0.3, -0.25) is 19.6 Å². The van der Waals surface area contributed by atoms with E-state index in [1.807, 2.05) is 19.3 Å². The zero-order valence-corrected chi connectivity index (χ0v) is 11.1. The first-order valence-corrected chi connectivity index (χ1v) is 5.95. The molecule has 0 atom stereocenters. The highest BCUT2D eigenvalue weighted by atomic mass is 16.3. The molecule has 0 aliphatic rings. The van der Waals surface area contributed by atoms with Gasteiger partial charge in [-0.25, -0.2) is 10.8 Å². The molecular weight excluding hydrogens is 248 g/mol. The van der Waals surface area contributed by atoms with E-state index in [0.717, 1.165) is 0 Å². The van der Waals surface area contributed by atoms with Gasteiger partial charge < -0.3 is 4.42 Å². The molecule has 3 N–H and O–H groups in total. The van der Waals surface area contributed by atoms with Gasteiger partial charge in [0.05, 0.1) is 5.56 Å². The highest BCUT2D eigenvalue weighted by Crippen LogP contribution is 2.20. The molecule has 19 heavy (non-hydrogen) atoms. The van der Waals surface area contributed by atoms with Crippen molar-refractivity contribution < 1.29 is 9.21 Å². The number of hydrazine groups is 1. The van der Waals surface area contributed by atoms with Gasteiger partial charge in [-0.05, 0) is 12.8 Å². The molecule has 7 nitrogen and oxygen atoms in total. The molecule has 0 saturated carbocycles. The standard InChI is InChI=1S/C12H16N4O3/c1-6(2)4-16-5-14-11-9(12(16)18)8(7(3)19-11)10(17)15-13/h5-6H,4,13H2,1-3H3,(H,15,17). The van der Waals surface area contributed by atoms with Crippen LogP contribution in [0.4, 0.5) is 0 Å². The van der Waals surface area contributed by atoms with Crippen molar-refractivity contribution in [1.82, 2.24) is 15.0 Å². The van der Waals surface area contributed by atoms with Crippen LogP contribution in [0.2, 0.25) is 0 Å². The quantitative estimate of drug-likeness (QED) is 0.479. The van der Waals surface area contributed by atoms with Gasteiger partial charge in [-0.1, -0.05) is 13.8 Å². The van der Waals surface area contributed by atoms with Gasteiger partial charge in [0.15, 0.2) is 0 Å². The second kappa shape index (κ2) is 4.85. The monoisotopic (exact) mass is 264 g/mol. The minimum absolute atomic E-state index is 0.146. The minimum Gasteiger partial charge on any atom is -0.442 e. The van der Waals surface area contributed by atoms with Crippen LogP contribution in [0, 0.1) is 12.8 Å². The molecule has 0 fully saturated rings. The normalized spacial score (nSPS) is 11.2. The van der Waals surface area contributed by atoms with Gasteiger partial charge in [-0.2, -0.15) is 0 Å². The van der Waals surface area contributed by atoms with Gasteiger partial charge in [0, 0.05) is 6.54 Å². The number of amides is 1. The number of hydrogen-bond acceptors (Lipinski definition) is 5. The average Bonchev–Trinajstić information content (AvgIpc) is 2.68. The first kappa shape index (κ1) is 13.3. The maximum Gasteiger partial charge on any atom is 0.269 e. The summed E-state index contributed by atoms with van der Waals surface area (Å²) in [7, 11) is 0. The summed E-state index contributed by atoms with van der Waals surface area (Å²) in [6.45, 7) is 6.10. The van der Waals surface area contributed by atoms with Gasteiger partial charge in [0.1, 0.15) is 17.5 Å². The lowest BCUT2D eigenvalue weighted by Crippen LogP contribution is -2.32. The number of rotatable bonds is 3. The molecule has 0 aliphatic heterocycles. The highest BCUT2D eigenvalue weighted by molar-refractivity contribution is 6.05. The fraction of sp³-hybridized carbons (Fsp3) is 0.417. The summed E-state index contributed by atoms with van der Waals surface area (Å²) in [4.78, 5) is 28.2. The zero-order chi connectivity index (χ0) is 14.2. The molecule has 2 heterocycles. The molecule has 0 aromatic carbocycles. The molecule has 102 valence electrons. The zero-order valence-electron chi connectivity index (χ0n) is 11.1. The van der Waals surface area contributed by atoms with Crippen molar-refractivity contribution in [1.29, 1.82) is 0 Å². The SMILES string of the molecule is Cc1oc2ncn(CC(C)C)c(=O)c2c1C(=O)NN. The summed E-state index contributed by atoms with van der Waals surface area (Å²) in [6.07, 6.45) is 1.43. The predicted molar refractivity (Wildman–Crippen MR) is 69.5 cm³/mol. The molecule has 0 aliphatic carbocycles. The Balaban J connectivity index is 2.73. The van der Waals surface area contributed by atoms with Crippen molar-refractivity contribution in [3.8, 4) is 0 Å². The second-order valence-corrected chi connectivity index (χ2v) is 4.78. The van der Waals surface area contributed by atoms with Crippen LogP contribution in [0.3, 0.4) is 0 Å². The molecule has 0 spiro atoms. The van der Waals surface area contributed by atoms with Crippen molar-refractivity contribution in [2.45, 2.75) is 27.3 Å². The van der Waals surface area contributed by atoms with E-state index in [4.69, 9.17) is 10.3 Å². The topological polar surface area (TPSA) is 103 Å². The smallest absolute Gasteiger partial charge is 0.269 e. The van der Waals surface area contributed by atoms with E-state index in [1.165, 1.54) is 10.9 Å². The molecule has 7 heteroatoms. The molecule has 2 aromatic heterocycles. The van der Waals surface area contributed by atoms with E-state index in [0.29, 0.717) is 12.3 Å². The van der Waals surface area contributed by atoms with E-state index < -0.39 is 5.91 Å². The van der Waals surface area contributed by atoms with Gasteiger partial charge in [0.25, 0.3) is 11.5 Å².